The molecular weight excluding hydrogens is 545 g/mol. The van der Waals surface area contributed by atoms with Gasteiger partial charge in [0.05, 0.1) is 18.5 Å². The fourth-order valence-electron chi connectivity index (χ4n) is 4.68. The number of thioether (sulfide) groups is 1. The summed E-state index contributed by atoms with van der Waals surface area (Å²) in [5.74, 6) is 0.843. The second-order valence-electron chi connectivity index (χ2n) is 8.82. The Morgan fingerprint density at radius 2 is 1.97 bits per heavy atom. The van der Waals surface area contributed by atoms with E-state index in [0.717, 1.165) is 46.3 Å². The molecule has 3 heterocycles. The summed E-state index contributed by atoms with van der Waals surface area (Å²) in [5.41, 5.74) is 2.54. The summed E-state index contributed by atoms with van der Waals surface area (Å²) in [4.78, 5) is 19.5. The summed E-state index contributed by atoms with van der Waals surface area (Å²) < 4.78 is 22.8. The van der Waals surface area contributed by atoms with Crippen molar-refractivity contribution in [2.45, 2.75) is 36.9 Å². The second kappa shape index (κ2) is 11.2. The number of carbonyl (C=O) groups is 1. The monoisotopic (exact) mass is 571 g/mol. The summed E-state index contributed by atoms with van der Waals surface area (Å²) in [6.07, 6.45) is 3.05. The van der Waals surface area contributed by atoms with Crippen LogP contribution in [0, 0.1) is 5.82 Å². The number of carbonyl (C=O) groups excluding carboxylic acids is 1. The van der Waals surface area contributed by atoms with Crippen molar-refractivity contribution in [3.63, 3.8) is 0 Å². The van der Waals surface area contributed by atoms with Crippen molar-refractivity contribution in [3.8, 4) is 5.69 Å². The van der Waals surface area contributed by atoms with Gasteiger partial charge in [-0.05, 0) is 62.7 Å². The van der Waals surface area contributed by atoms with Gasteiger partial charge in [0.1, 0.15) is 11.9 Å². The average molecular weight is 573 g/mol. The highest BCUT2D eigenvalue weighted by Crippen LogP contribution is 2.37. The van der Waals surface area contributed by atoms with Crippen molar-refractivity contribution in [3.05, 3.63) is 69.7 Å². The van der Waals surface area contributed by atoms with Gasteiger partial charge in [0.15, 0.2) is 11.0 Å². The number of hydrogen-bond donors (Lipinski definition) is 0. The molecule has 1 saturated heterocycles. The Morgan fingerprint density at radius 1 is 1.17 bits per heavy atom. The van der Waals surface area contributed by atoms with Crippen molar-refractivity contribution in [1.82, 2.24) is 19.7 Å². The third kappa shape index (κ3) is 5.26. The van der Waals surface area contributed by atoms with E-state index in [1.807, 2.05) is 22.8 Å². The van der Waals surface area contributed by atoms with E-state index >= 15 is 4.39 Å². The summed E-state index contributed by atoms with van der Waals surface area (Å²) in [5, 5.41) is 9.83. The van der Waals surface area contributed by atoms with E-state index in [9.17, 15) is 4.79 Å². The smallest absolute Gasteiger partial charge is 0.305 e. The van der Waals surface area contributed by atoms with Crippen LogP contribution in [0.4, 0.5) is 4.39 Å². The lowest BCUT2D eigenvalue weighted by Crippen LogP contribution is -2.22. The second-order valence-corrected chi connectivity index (χ2v) is 10.8. The minimum Gasteiger partial charge on any atom is -0.469 e. The molecule has 0 radical (unpaired) electrons. The molecule has 1 fully saturated rings. The fraction of sp³-hybridized carbons (Fsp3) is 0.385. The number of nitrogens with zero attached hydrogens (tertiary/aromatic N) is 5. The molecule has 0 spiro atoms. The van der Waals surface area contributed by atoms with Crippen LogP contribution in [0.15, 0.2) is 57.1 Å². The van der Waals surface area contributed by atoms with Gasteiger partial charge in [-0.1, -0.05) is 39.8 Å². The Bertz CT molecular complexity index is 1290. The number of fused-ring (bicyclic) bond motifs is 3. The SMILES string of the molecule is COC(=O)CC[C@@H]1N=C(c2ccccc2F)c2cc(Br)ccc2-n2c(SCCN3CCCC3)nnc21. The third-order valence-electron chi connectivity index (χ3n) is 6.51. The molecule has 0 unspecified atom stereocenters. The fourth-order valence-corrected chi connectivity index (χ4v) is 6.00. The molecule has 2 aliphatic heterocycles. The van der Waals surface area contributed by atoms with E-state index in [4.69, 9.17) is 9.73 Å². The predicted octanol–water partition coefficient (Wildman–Crippen LogP) is 5.20. The van der Waals surface area contributed by atoms with Crippen molar-refractivity contribution in [2.75, 3.05) is 32.5 Å². The van der Waals surface area contributed by atoms with Gasteiger partial charge in [-0.2, -0.15) is 0 Å². The quantitative estimate of drug-likeness (QED) is 0.273. The molecule has 0 bridgehead atoms. The number of methoxy groups -OCH3 is 1. The van der Waals surface area contributed by atoms with E-state index < -0.39 is 6.04 Å². The topological polar surface area (TPSA) is 72.6 Å². The van der Waals surface area contributed by atoms with Gasteiger partial charge in [0.25, 0.3) is 0 Å². The maximum Gasteiger partial charge on any atom is 0.305 e. The highest BCUT2D eigenvalue weighted by Gasteiger charge is 2.30. The minimum absolute atomic E-state index is 0.166. The molecule has 1 aromatic heterocycles. The lowest BCUT2D eigenvalue weighted by atomic mass is 10.00. The van der Waals surface area contributed by atoms with Crippen LogP contribution in [0.5, 0.6) is 0 Å². The van der Waals surface area contributed by atoms with Crippen LogP contribution in [0.2, 0.25) is 0 Å². The summed E-state index contributed by atoms with van der Waals surface area (Å²) in [7, 11) is 1.37. The number of hydrogen-bond acceptors (Lipinski definition) is 7. The molecule has 0 aliphatic carbocycles. The third-order valence-corrected chi connectivity index (χ3v) is 7.91. The average Bonchev–Trinajstić information content (AvgIpc) is 3.53. The van der Waals surface area contributed by atoms with Crippen molar-refractivity contribution < 1.29 is 13.9 Å². The van der Waals surface area contributed by atoms with E-state index in [1.165, 1.54) is 26.0 Å². The number of ether oxygens (including phenoxy) is 1. The summed E-state index contributed by atoms with van der Waals surface area (Å²) >= 11 is 5.23. The molecule has 36 heavy (non-hydrogen) atoms. The van der Waals surface area contributed by atoms with Crippen molar-refractivity contribution in [1.29, 1.82) is 0 Å². The lowest BCUT2D eigenvalue weighted by molar-refractivity contribution is -0.140. The molecule has 0 saturated carbocycles. The van der Waals surface area contributed by atoms with Crippen LogP contribution in [-0.2, 0) is 9.53 Å². The van der Waals surface area contributed by atoms with Crippen LogP contribution in [0.1, 0.15) is 48.7 Å². The predicted molar refractivity (Wildman–Crippen MR) is 141 cm³/mol. The first-order chi connectivity index (χ1) is 17.5. The van der Waals surface area contributed by atoms with Crippen molar-refractivity contribution >= 4 is 39.4 Å². The Morgan fingerprint density at radius 3 is 2.75 bits per heavy atom. The number of aliphatic imine (C=N–C) groups is 1. The zero-order chi connectivity index (χ0) is 25.1. The number of likely N-dealkylation sites (tertiary alicyclic amines) is 1. The van der Waals surface area contributed by atoms with Gasteiger partial charge in [-0.3, -0.25) is 14.4 Å². The molecule has 2 aliphatic rings. The molecule has 2 aromatic carbocycles. The Labute approximate surface area is 222 Å². The van der Waals surface area contributed by atoms with Gasteiger partial charge in [0, 0.05) is 34.3 Å². The van der Waals surface area contributed by atoms with E-state index in [1.54, 1.807) is 30.0 Å². The standard InChI is InChI=1S/C26H27BrFN5O2S/c1-35-23(34)11-9-21-25-30-31-26(36-15-14-32-12-4-5-13-32)33(25)22-10-8-17(27)16-19(22)24(29-21)18-6-2-3-7-20(18)28/h2-3,6-8,10,16,21H,4-5,9,11-15H2,1H3/t21-/m0/s1. The van der Waals surface area contributed by atoms with Crippen LogP contribution in [-0.4, -0.2) is 63.8 Å². The van der Waals surface area contributed by atoms with E-state index in [0.29, 0.717) is 23.5 Å². The van der Waals surface area contributed by atoms with Gasteiger partial charge < -0.3 is 9.64 Å². The molecule has 7 nitrogen and oxygen atoms in total. The number of benzene rings is 2. The van der Waals surface area contributed by atoms with Crippen LogP contribution < -0.4 is 0 Å². The van der Waals surface area contributed by atoms with E-state index in [-0.39, 0.29) is 18.2 Å². The Hall–Kier alpha value is -2.56. The molecule has 5 rings (SSSR count). The van der Waals surface area contributed by atoms with Crippen LogP contribution in [0.25, 0.3) is 5.69 Å². The molecular formula is C26H27BrFN5O2S. The van der Waals surface area contributed by atoms with E-state index in [2.05, 4.69) is 31.0 Å². The normalized spacial score (nSPS) is 17.3. The molecule has 0 N–H and O–H groups in total. The van der Waals surface area contributed by atoms with Gasteiger partial charge in [-0.15, -0.1) is 10.2 Å². The number of aromatic nitrogens is 3. The molecule has 188 valence electrons. The Kier molecular flexibility index (Phi) is 7.83. The number of rotatable bonds is 8. The number of halogens is 2. The number of esters is 1. The first-order valence-corrected chi connectivity index (χ1v) is 13.8. The van der Waals surface area contributed by atoms with Gasteiger partial charge in [-0.25, -0.2) is 4.39 Å². The first kappa shape index (κ1) is 25.1. The zero-order valence-corrected chi connectivity index (χ0v) is 22.4. The first-order valence-electron chi connectivity index (χ1n) is 12.1. The van der Waals surface area contributed by atoms with Crippen LogP contribution in [0.3, 0.4) is 0 Å². The molecule has 1 atom stereocenters. The maximum absolute atomic E-state index is 15.0. The highest BCUT2D eigenvalue weighted by atomic mass is 79.9. The summed E-state index contributed by atoms with van der Waals surface area (Å²) in [6.45, 7) is 3.28. The largest absolute Gasteiger partial charge is 0.469 e. The van der Waals surface area contributed by atoms with Crippen LogP contribution >= 0.6 is 27.7 Å². The maximum atomic E-state index is 15.0. The highest BCUT2D eigenvalue weighted by molar-refractivity contribution is 9.10. The molecule has 0 amide bonds. The van der Waals surface area contributed by atoms with Gasteiger partial charge in [0.2, 0.25) is 0 Å². The zero-order valence-electron chi connectivity index (χ0n) is 20.0. The summed E-state index contributed by atoms with van der Waals surface area (Å²) in [6, 6.07) is 12.0. The molecule has 10 heteroatoms. The lowest BCUT2D eigenvalue weighted by Gasteiger charge is -2.16. The molecule has 3 aromatic rings. The minimum atomic E-state index is -0.495. The van der Waals surface area contributed by atoms with Gasteiger partial charge >= 0.3 is 5.97 Å². The van der Waals surface area contributed by atoms with Crippen molar-refractivity contribution in [2.24, 2.45) is 4.99 Å². The Balaban J connectivity index is 1.59.